The van der Waals surface area contributed by atoms with Crippen molar-refractivity contribution in [1.82, 2.24) is 23.7 Å². The van der Waals surface area contributed by atoms with Gasteiger partial charge >= 0.3 is 0 Å². The van der Waals surface area contributed by atoms with Gasteiger partial charge in [0, 0.05) is 49.5 Å². The van der Waals surface area contributed by atoms with Gasteiger partial charge in [-0.15, -0.1) is 0 Å². The largest absolute Gasteiger partial charge is 0.324 e. The standard InChI is InChI=1S/C24H27N7O3S/c1-29-9-11-30(12-10-29)35(33,34)21-8-4-5-19(14-21)27-24-26-16-18-13-17(15-25)23(32)31(22(18)28-24)20-6-2-3-7-20/h4-5,8,13-14,16,20H,2-3,6-7,9-12H2,1H3,(H,26,27,28). The zero-order valence-electron chi connectivity index (χ0n) is 19.5. The molecule has 1 aromatic carbocycles. The number of hydrogen-bond acceptors (Lipinski definition) is 8. The van der Waals surface area contributed by atoms with Crippen molar-refractivity contribution in [1.29, 1.82) is 5.26 Å². The first-order chi connectivity index (χ1) is 16.9. The summed E-state index contributed by atoms with van der Waals surface area (Å²) in [6.07, 6.45) is 5.37. The van der Waals surface area contributed by atoms with Crippen LogP contribution in [0.4, 0.5) is 11.6 Å². The summed E-state index contributed by atoms with van der Waals surface area (Å²) in [6.45, 7) is 2.29. The third-order valence-electron chi connectivity index (χ3n) is 6.77. The lowest BCUT2D eigenvalue weighted by atomic mass is 10.2. The Balaban J connectivity index is 1.48. The number of rotatable bonds is 5. The molecule has 0 radical (unpaired) electrons. The molecule has 10 nitrogen and oxygen atoms in total. The summed E-state index contributed by atoms with van der Waals surface area (Å²) in [6, 6.07) is 10.1. The molecule has 2 aromatic heterocycles. The van der Waals surface area contributed by atoms with Crippen LogP contribution < -0.4 is 10.9 Å². The van der Waals surface area contributed by atoms with Crippen LogP contribution in [0.5, 0.6) is 0 Å². The van der Waals surface area contributed by atoms with Crippen molar-refractivity contribution in [2.45, 2.75) is 36.6 Å². The molecule has 5 rings (SSSR count). The number of nitrogens with zero attached hydrogens (tertiary/aromatic N) is 6. The smallest absolute Gasteiger partial charge is 0.270 e. The van der Waals surface area contributed by atoms with Crippen LogP contribution in [0.25, 0.3) is 11.0 Å². The Morgan fingerprint density at radius 1 is 1.11 bits per heavy atom. The molecule has 0 bridgehead atoms. The summed E-state index contributed by atoms with van der Waals surface area (Å²) in [7, 11) is -1.64. The molecule has 1 aliphatic heterocycles. The molecule has 0 atom stereocenters. The van der Waals surface area contributed by atoms with Crippen molar-refractivity contribution in [3.8, 4) is 6.07 Å². The van der Waals surface area contributed by atoms with E-state index in [9.17, 15) is 18.5 Å². The first-order valence-corrected chi connectivity index (χ1v) is 13.2. The normalized spacial score (nSPS) is 18.1. The Morgan fingerprint density at radius 2 is 1.86 bits per heavy atom. The van der Waals surface area contributed by atoms with Crippen molar-refractivity contribution in [2.75, 3.05) is 38.5 Å². The van der Waals surface area contributed by atoms with Crippen LogP contribution in [0.15, 0.2) is 46.2 Å². The maximum atomic E-state index is 13.1. The Morgan fingerprint density at radius 3 is 2.57 bits per heavy atom. The number of nitrogens with one attached hydrogen (secondary N) is 1. The average Bonchev–Trinajstić information content (AvgIpc) is 3.38. The summed E-state index contributed by atoms with van der Waals surface area (Å²) < 4.78 is 29.4. The van der Waals surface area contributed by atoms with Gasteiger partial charge in [-0.3, -0.25) is 9.36 Å². The van der Waals surface area contributed by atoms with Gasteiger partial charge in [0.2, 0.25) is 16.0 Å². The number of sulfonamides is 1. The van der Waals surface area contributed by atoms with E-state index in [2.05, 4.69) is 20.2 Å². The highest BCUT2D eigenvalue weighted by Crippen LogP contribution is 2.31. The zero-order valence-corrected chi connectivity index (χ0v) is 20.3. The molecular formula is C24H27N7O3S. The lowest BCUT2D eigenvalue weighted by molar-refractivity contribution is 0.222. The van der Waals surface area contributed by atoms with E-state index in [-0.39, 0.29) is 28.0 Å². The average molecular weight is 494 g/mol. The van der Waals surface area contributed by atoms with E-state index in [1.165, 1.54) is 10.4 Å². The summed E-state index contributed by atoms with van der Waals surface area (Å²) >= 11 is 0. The predicted octanol–water partition coefficient (Wildman–Crippen LogP) is 2.46. The predicted molar refractivity (Wildman–Crippen MR) is 132 cm³/mol. The third kappa shape index (κ3) is 4.52. The van der Waals surface area contributed by atoms with Crippen molar-refractivity contribution in [3.63, 3.8) is 0 Å². The van der Waals surface area contributed by atoms with Crippen molar-refractivity contribution < 1.29 is 8.42 Å². The maximum Gasteiger partial charge on any atom is 0.270 e. The first kappa shape index (κ1) is 23.4. The molecule has 1 aliphatic carbocycles. The molecule has 3 heterocycles. The SMILES string of the molecule is CN1CCN(S(=O)(=O)c2cccc(Nc3ncc4cc(C#N)c(=O)n(C5CCCC5)c4n3)c2)CC1. The molecule has 2 fully saturated rings. The van der Waals surface area contributed by atoms with E-state index in [1.54, 1.807) is 35.0 Å². The van der Waals surface area contributed by atoms with Crippen molar-refractivity contribution >= 4 is 32.7 Å². The highest BCUT2D eigenvalue weighted by atomic mass is 32.2. The topological polar surface area (TPSA) is 124 Å². The number of aromatic nitrogens is 3. The van der Waals surface area contributed by atoms with Crippen LogP contribution in [-0.4, -0.2) is 65.4 Å². The fourth-order valence-electron chi connectivity index (χ4n) is 4.80. The Hall–Kier alpha value is -3.33. The van der Waals surface area contributed by atoms with Gasteiger partial charge in [0.25, 0.3) is 5.56 Å². The number of benzene rings is 1. The fourth-order valence-corrected chi connectivity index (χ4v) is 6.27. The first-order valence-electron chi connectivity index (χ1n) is 11.7. The number of anilines is 2. The number of nitriles is 1. The maximum absolute atomic E-state index is 13.1. The number of pyridine rings is 1. The number of fused-ring (bicyclic) bond motifs is 1. The molecule has 2 aliphatic rings. The van der Waals surface area contributed by atoms with Gasteiger partial charge in [-0.2, -0.15) is 14.6 Å². The molecular weight excluding hydrogens is 466 g/mol. The lowest BCUT2D eigenvalue weighted by Gasteiger charge is -2.31. The fraction of sp³-hybridized carbons (Fsp3) is 0.417. The van der Waals surface area contributed by atoms with Gasteiger partial charge < -0.3 is 10.2 Å². The van der Waals surface area contributed by atoms with E-state index in [0.717, 1.165) is 25.7 Å². The minimum Gasteiger partial charge on any atom is -0.324 e. The van der Waals surface area contributed by atoms with Gasteiger partial charge in [0.05, 0.1) is 4.90 Å². The monoisotopic (exact) mass is 493 g/mol. The summed E-state index contributed by atoms with van der Waals surface area (Å²) in [5.41, 5.74) is 0.745. The second kappa shape index (κ2) is 9.37. The van der Waals surface area contributed by atoms with Crippen LogP contribution in [0.3, 0.4) is 0 Å². The molecule has 1 saturated heterocycles. The molecule has 1 N–H and O–H groups in total. The van der Waals surface area contributed by atoms with Crippen molar-refractivity contribution in [3.05, 3.63) is 52.4 Å². The summed E-state index contributed by atoms with van der Waals surface area (Å²) in [5.74, 6) is 0.252. The third-order valence-corrected chi connectivity index (χ3v) is 8.67. The van der Waals surface area contributed by atoms with E-state index in [1.807, 2.05) is 13.1 Å². The number of piperazine rings is 1. The zero-order chi connectivity index (χ0) is 24.6. The van der Waals surface area contributed by atoms with Gasteiger partial charge in [-0.05, 0) is 44.2 Å². The van der Waals surface area contributed by atoms with Crippen LogP contribution in [0, 0.1) is 11.3 Å². The van der Waals surface area contributed by atoms with E-state index in [0.29, 0.717) is 42.9 Å². The van der Waals surface area contributed by atoms with Crippen LogP contribution in [-0.2, 0) is 10.0 Å². The van der Waals surface area contributed by atoms with Crippen LogP contribution >= 0.6 is 0 Å². The molecule has 35 heavy (non-hydrogen) atoms. The minimum absolute atomic E-state index is 0.00175. The minimum atomic E-state index is -3.62. The Labute approximate surface area is 203 Å². The molecule has 11 heteroatoms. The second-order valence-electron chi connectivity index (χ2n) is 9.12. The second-order valence-corrected chi connectivity index (χ2v) is 11.1. The van der Waals surface area contributed by atoms with Crippen LogP contribution in [0.2, 0.25) is 0 Å². The van der Waals surface area contributed by atoms with E-state index in [4.69, 9.17) is 0 Å². The Kier molecular flexibility index (Phi) is 6.27. The van der Waals surface area contributed by atoms with Gasteiger partial charge in [-0.25, -0.2) is 13.4 Å². The molecule has 1 saturated carbocycles. The lowest BCUT2D eigenvalue weighted by Crippen LogP contribution is -2.47. The molecule has 182 valence electrons. The van der Waals surface area contributed by atoms with Crippen LogP contribution in [0.1, 0.15) is 37.3 Å². The summed E-state index contributed by atoms with van der Waals surface area (Å²) in [5, 5.41) is 13.1. The van der Waals surface area contributed by atoms with Gasteiger partial charge in [-0.1, -0.05) is 18.9 Å². The quantitative estimate of drug-likeness (QED) is 0.575. The number of hydrogen-bond donors (Lipinski definition) is 1. The molecule has 3 aromatic rings. The van der Waals surface area contributed by atoms with Crippen molar-refractivity contribution in [2.24, 2.45) is 0 Å². The van der Waals surface area contributed by atoms with Gasteiger partial charge in [0.15, 0.2) is 0 Å². The molecule has 0 unspecified atom stereocenters. The molecule has 0 amide bonds. The van der Waals surface area contributed by atoms with E-state index < -0.39 is 10.0 Å². The van der Waals surface area contributed by atoms with Gasteiger partial charge in [0.1, 0.15) is 17.3 Å². The molecule has 0 spiro atoms. The Bertz CT molecular complexity index is 1460. The highest BCUT2D eigenvalue weighted by Gasteiger charge is 2.28. The highest BCUT2D eigenvalue weighted by molar-refractivity contribution is 7.89. The van der Waals surface area contributed by atoms with E-state index >= 15 is 0 Å². The summed E-state index contributed by atoms with van der Waals surface area (Å²) in [4.78, 5) is 24.2. The number of likely N-dealkylation sites (N-methyl/N-ethyl adjacent to an activating group) is 1.